The van der Waals surface area contributed by atoms with Gasteiger partial charge in [-0.05, 0) is 30.5 Å². The summed E-state index contributed by atoms with van der Waals surface area (Å²) in [5.74, 6) is 0.716. The number of rotatable bonds is 3. The van der Waals surface area contributed by atoms with Crippen LogP contribution in [0.3, 0.4) is 0 Å². The van der Waals surface area contributed by atoms with Crippen LogP contribution in [0.25, 0.3) is 32.5 Å². The number of pyridine rings is 1. The Bertz CT molecular complexity index is 1210. The molecule has 0 spiro atoms. The van der Waals surface area contributed by atoms with Crippen molar-refractivity contribution in [3.05, 3.63) is 54.3 Å². The normalized spacial score (nSPS) is 13.8. The largest absolute Gasteiger partial charge is 0.309 e. The summed E-state index contributed by atoms with van der Waals surface area (Å²) >= 11 is 0. The van der Waals surface area contributed by atoms with Crippen LogP contribution < -0.4 is 5.32 Å². The van der Waals surface area contributed by atoms with E-state index in [1.54, 1.807) is 18.5 Å². The lowest BCUT2D eigenvalue weighted by molar-refractivity contribution is -0.117. The Labute approximate surface area is 148 Å². The van der Waals surface area contributed by atoms with Gasteiger partial charge in [-0.3, -0.25) is 9.89 Å². The van der Waals surface area contributed by atoms with Crippen molar-refractivity contribution in [1.29, 1.82) is 0 Å². The number of carbonyl (C=O) groups is 1. The number of amides is 1. The van der Waals surface area contributed by atoms with E-state index in [4.69, 9.17) is 6.57 Å². The van der Waals surface area contributed by atoms with Crippen molar-refractivity contribution in [3.63, 3.8) is 0 Å². The number of H-pyrrole nitrogens is 1. The molecule has 1 aromatic carbocycles. The van der Waals surface area contributed by atoms with Crippen molar-refractivity contribution in [2.45, 2.75) is 12.8 Å². The minimum absolute atomic E-state index is 0.0343. The Hall–Kier alpha value is -3.66. The first-order chi connectivity index (χ1) is 12.7. The van der Waals surface area contributed by atoms with E-state index in [0.29, 0.717) is 11.5 Å². The van der Waals surface area contributed by atoms with E-state index < -0.39 is 0 Å². The third-order valence-corrected chi connectivity index (χ3v) is 4.66. The van der Waals surface area contributed by atoms with Crippen molar-refractivity contribution >= 4 is 34.0 Å². The van der Waals surface area contributed by atoms with Crippen molar-refractivity contribution < 1.29 is 4.79 Å². The highest BCUT2D eigenvalue weighted by molar-refractivity contribution is 6.01. The van der Waals surface area contributed by atoms with Gasteiger partial charge in [-0.1, -0.05) is 12.1 Å². The Kier molecular flexibility index (Phi) is 3.06. The van der Waals surface area contributed by atoms with Gasteiger partial charge in [-0.25, -0.2) is 9.83 Å². The predicted molar refractivity (Wildman–Crippen MR) is 97.9 cm³/mol. The second-order valence-electron chi connectivity index (χ2n) is 6.48. The number of hydrogen-bond acceptors (Lipinski definition) is 3. The molecule has 1 aliphatic carbocycles. The molecule has 7 heteroatoms. The molecule has 0 radical (unpaired) electrons. The zero-order chi connectivity index (χ0) is 17.7. The highest BCUT2D eigenvalue weighted by Gasteiger charge is 2.30. The number of fused-ring (bicyclic) bond motifs is 2. The minimum atomic E-state index is 0.0343. The first-order valence-corrected chi connectivity index (χ1v) is 8.36. The van der Waals surface area contributed by atoms with Crippen LogP contribution in [0.15, 0.2) is 42.9 Å². The first kappa shape index (κ1) is 14.7. The summed E-state index contributed by atoms with van der Waals surface area (Å²) in [5.41, 5.74) is 3.93. The Morgan fingerprint density at radius 1 is 1.27 bits per heavy atom. The fourth-order valence-electron chi connectivity index (χ4n) is 3.18. The lowest BCUT2D eigenvalue weighted by Crippen LogP contribution is -2.13. The summed E-state index contributed by atoms with van der Waals surface area (Å²) in [6.45, 7) is 7.48. The van der Waals surface area contributed by atoms with Crippen LogP contribution in [0, 0.1) is 12.5 Å². The van der Waals surface area contributed by atoms with E-state index in [-0.39, 0.29) is 11.8 Å². The third-order valence-electron chi connectivity index (χ3n) is 4.66. The summed E-state index contributed by atoms with van der Waals surface area (Å²) in [5, 5.41) is 10.8. The number of imidazole rings is 1. The molecule has 0 saturated heterocycles. The van der Waals surface area contributed by atoms with Gasteiger partial charge in [-0.15, -0.1) is 0 Å². The lowest BCUT2D eigenvalue weighted by atomic mass is 10.0. The van der Waals surface area contributed by atoms with Gasteiger partial charge < -0.3 is 9.72 Å². The van der Waals surface area contributed by atoms with E-state index >= 15 is 0 Å². The molecule has 26 heavy (non-hydrogen) atoms. The summed E-state index contributed by atoms with van der Waals surface area (Å²) < 4.78 is 1.87. The minimum Gasteiger partial charge on any atom is -0.309 e. The van der Waals surface area contributed by atoms with Crippen molar-refractivity contribution in [1.82, 2.24) is 19.6 Å². The lowest BCUT2D eigenvalue weighted by Gasteiger charge is -2.07. The fraction of sp³-hybridized carbons (Fsp3) is 0.158. The summed E-state index contributed by atoms with van der Waals surface area (Å²) in [7, 11) is 0. The third kappa shape index (κ3) is 2.31. The molecule has 3 heterocycles. The Balaban J connectivity index is 1.61. The number of nitrogens with zero attached hydrogens (tertiary/aromatic N) is 4. The number of carbonyl (C=O) groups excluding carboxylic acids is 1. The molecular formula is C19H14N6O. The molecule has 7 nitrogen and oxygen atoms in total. The van der Waals surface area contributed by atoms with Gasteiger partial charge in [-0.2, -0.15) is 5.10 Å². The predicted octanol–water partition coefficient (Wildman–Crippen LogP) is 3.78. The van der Waals surface area contributed by atoms with Crippen LogP contribution in [-0.4, -0.2) is 25.5 Å². The number of aromatic amines is 1. The van der Waals surface area contributed by atoms with E-state index in [9.17, 15) is 4.79 Å². The average Bonchev–Trinajstić information content (AvgIpc) is 3.26. The second kappa shape index (κ2) is 5.43. The van der Waals surface area contributed by atoms with Gasteiger partial charge in [0.25, 0.3) is 0 Å². The molecule has 3 aromatic heterocycles. The number of anilines is 1. The molecule has 5 rings (SSSR count). The highest BCUT2D eigenvalue weighted by atomic mass is 16.2. The van der Waals surface area contributed by atoms with Gasteiger partial charge in [0.05, 0.1) is 24.5 Å². The highest BCUT2D eigenvalue weighted by Crippen LogP contribution is 2.37. The van der Waals surface area contributed by atoms with Crippen LogP contribution >= 0.6 is 0 Å². The summed E-state index contributed by atoms with van der Waals surface area (Å²) in [6.07, 6.45) is 7.37. The van der Waals surface area contributed by atoms with Crippen LogP contribution in [0.5, 0.6) is 0 Å². The monoisotopic (exact) mass is 342 g/mol. The molecule has 2 N–H and O–H groups in total. The maximum absolute atomic E-state index is 11.9. The zero-order valence-electron chi connectivity index (χ0n) is 13.7. The molecule has 1 amide bonds. The zero-order valence-corrected chi connectivity index (χ0v) is 13.7. The Morgan fingerprint density at radius 3 is 2.96 bits per heavy atom. The first-order valence-electron chi connectivity index (χ1n) is 8.36. The standard InChI is InChI=1S/C19H14N6O/c1-20-15-6-5-14-13(8-21-24-14)18(15)12-4-7-17-22-16(10-25(17)9-12)23-19(26)11-2-3-11/h4-11H,2-3H2,(H,21,24)(H,23,26). The summed E-state index contributed by atoms with van der Waals surface area (Å²) in [6, 6.07) is 7.47. The molecule has 4 aromatic rings. The fourth-order valence-corrected chi connectivity index (χ4v) is 3.18. The molecule has 0 aliphatic heterocycles. The SMILES string of the molecule is [C-]#[N+]c1ccc2[nH]ncc2c1-c1ccc2nc(NC(=O)C3CC3)cn2c1. The molecule has 0 unspecified atom stereocenters. The van der Waals surface area contributed by atoms with Crippen molar-refractivity contribution in [2.24, 2.45) is 5.92 Å². The quantitative estimate of drug-likeness (QED) is 0.556. The van der Waals surface area contributed by atoms with Crippen LogP contribution in [0.1, 0.15) is 12.8 Å². The van der Waals surface area contributed by atoms with Crippen LogP contribution in [0.4, 0.5) is 11.5 Å². The van der Waals surface area contributed by atoms with Gasteiger partial charge >= 0.3 is 0 Å². The van der Waals surface area contributed by atoms with E-state index in [2.05, 4.69) is 25.3 Å². The molecular weight excluding hydrogens is 328 g/mol. The molecule has 126 valence electrons. The second-order valence-corrected chi connectivity index (χ2v) is 6.48. The average molecular weight is 342 g/mol. The van der Waals surface area contributed by atoms with E-state index in [0.717, 1.165) is 40.5 Å². The molecule has 0 bridgehead atoms. The summed E-state index contributed by atoms with van der Waals surface area (Å²) in [4.78, 5) is 20.0. The number of nitrogens with one attached hydrogen (secondary N) is 2. The van der Waals surface area contributed by atoms with Crippen LogP contribution in [-0.2, 0) is 4.79 Å². The van der Waals surface area contributed by atoms with Crippen molar-refractivity contribution in [2.75, 3.05) is 5.32 Å². The molecule has 1 aliphatic rings. The maximum atomic E-state index is 11.9. The topological polar surface area (TPSA) is 79.4 Å². The Morgan fingerprint density at radius 2 is 2.15 bits per heavy atom. The smallest absolute Gasteiger partial charge is 0.228 e. The molecule has 1 fully saturated rings. The number of benzene rings is 1. The van der Waals surface area contributed by atoms with Gasteiger partial charge in [0, 0.05) is 23.1 Å². The maximum Gasteiger partial charge on any atom is 0.228 e. The molecule has 1 saturated carbocycles. The van der Waals surface area contributed by atoms with E-state index in [1.807, 2.05) is 28.8 Å². The van der Waals surface area contributed by atoms with Gasteiger partial charge in [0.2, 0.25) is 5.91 Å². The van der Waals surface area contributed by atoms with Gasteiger partial charge in [0.15, 0.2) is 11.5 Å². The number of aromatic nitrogens is 4. The molecule has 0 atom stereocenters. The number of hydrogen-bond donors (Lipinski definition) is 2. The van der Waals surface area contributed by atoms with E-state index in [1.165, 1.54) is 0 Å². The van der Waals surface area contributed by atoms with Gasteiger partial charge in [0.1, 0.15) is 5.65 Å². The van der Waals surface area contributed by atoms with Crippen molar-refractivity contribution in [3.8, 4) is 11.1 Å². The van der Waals surface area contributed by atoms with Crippen LogP contribution in [0.2, 0.25) is 0 Å².